The maximum atomic E-state index is 14.8. The Bertz CT molecular complexity index is 1790. The van der Waals surface area contributed by atoms with Gasteiger partial charge in [-0.25, -0.2) is 0 Å². The molecule has 0 radical (unpaired) electrons. The van der Waals surface area contributed by atoms with Crippen molar-refractivity contribution in [3.8, 4) is 0 Å². The van der Waals surface area contributed by atoms with Crippen LogP contribution in [0.4, 0.5) is 0 Å². The van der Waals surface area contributed by atoms with Gasteiger partial charge in [0.2, 0.25) is 5.60 Å². The Hall–Kier alpha value is -3.82. The zero-order valence-corrected chi connectivity index (χ0v) is 31.8. The fraction of sp³-hybridized carbons (Fsp3) is 0.737. The van der Waals surface area contributed by atoms with Crippen molar-refractivity contribution in [3.63, 3.8) is 0 Å². The van der Waals surface area contributed by atoms with Gasteiger partial charge in [-0.2, -0.15) is 0 Å². The highest BCUT2D eigenvalue weighted by Gasteiger charge is 3.05. The molecule has 6 fully saturated rings. The summed E-state index contributed by atoms with van der Waals surface area (Å²) in [5.41, 5.74) is -11.4. The van der Waals surface area contributed by atoms with Gasteiger partial charge < -0.3 is 42.3 Å². The van der Waals surface area contributed by atoms with Gasteiger partial charge in [-0.15, -0.1) is 0 Å². The van der Waals surface area contributed by atoms with Crippen molar-refractivity contribution in [2.24, 2.45) is 34.0 Å². The third-order valence-electron chi connectivity index (χ3n) is 14.0. The average Bonchev–Trinajstić information content (AvgIpc) is 3.78. The molecule has 15 heteroatoms. The highest BCUT2D eigenvalue weighted by atomic mass is 16.9. The van der Waals surface area contributed by atoms with Crippen molar-refractivity contribution in [2.45, 2.75) is 128 Å². The number of carbonyl (C=O) groups excluding carboxylic acids is 6. The number of hydrogen-bond acceptors (Lipinski definition) is 15. The molecule has 0 N–H and O–H groups in total. The van der Waals surface area contributed by atoms with Crippen LogP contribution in [0.2, 0.25) is 0 Å². The van der Waals surface area contributed by atoms with Crippen LogP contribution in [0.25, 0.3) is 0 Å². The molecular formula is C38H48O15. The smallest absolute Gasteiger partial charge is 0.308 e. The van der Waals surface area contributed by atoms with Crippen LogP contribution in [-0.2, 0) is 61.9 Å². The first-order chi connectivity index (χ1) is 24.6. The van der Waals surface area contributed by atoms with Gasteiger partial charge in [0.25, 0.3) is 5.97 Å². The van der Waals surface area contributed by atoms with Gasteiger partial charge in [-0.3, -0.25) is 28.8 Å². The van der Waals surface area contributed by atoms with Crippen LogP contribution < -0.4 is 0 Å². The van der Waals surface area contributed by atoms with Crippen LogP contribution in [0.5, 0.6) is 0 Å². The van der Waals surface area contributed by atoms with E-state index in [2.05, 4.69) is 0 Å². The number of fused-ring (bicyclic) bond motifs is 2. The lowest BCUT2D eigenvalue weighted by Crippen LogP contribution is -2.94. The molecule has 6 aliphatic rings. The average molecular weight is 745 g/mol. The van der Waals surface area contributed by atoms with E-state index in [1.54, 1.807) is 27.7 Å². The first-order valence-electron chi connectivity index (χ1n) is 18.0. The highest BCUT2D eigenvalue weighted by Crippen LogP contribution is 2.90. The molecule has 4 bridgehead atoms. The molecule has 0 amide bonds. The highest BCUT2D eigenvalue weighted by molar-refractivity contribution is 6.01. The zero-order valence-electron chi connectivity index (χ0n) is 31.8. The molecule has 4 aliphatic carbocycles. The Morgan fingerprint density at radius 1 is 0.811 bits per heavy atom. The SMILES string of the molecule is COC(=O)CC1[C@@]2(C)C[C@]34OC5(C)OC6([C@H](OC(=O)C(C)C)[C@@]3(OC(C)=O)[C@H]2OC(C)=O)[C@H](CC(=O)OC)[C@](C)(C(=O)c2ccoc2)CCC6(O5)[C@@]14C. The minimum Gasteiger partial charge on any atom is -0.472 e. The molecule has 15 nitrogen and oxygen atoms in total. The van der Waals surface area contributed by atoms with Crippen molar-refractivity contribution < 1.29 is 71.1 Å². The summed E-state index contributed by atoms with van der Waals surface area (Å²) in [5, 5.41) is 0. The molecule has 290 valence electrons. The summed E-state index contributed by atoms with van der Waals surface area (Å²) in [6.07, 6.45) is -0.839. The zero-order chi connectivity index (χ0) is 38.9. The van der Waals surface area contributed by atoms with Crippen LogP contribution in [-0.4, -0.2) is 90.4 Å². The topological polar surface area (TPSA) is 189 Å². The number of ketones is 1. The molecule has 2 aliphatic heterocycles. The number of hydrogen-bond donors (Lipinski definition) is 0. The normalized spacial score (nSPS) is 45.3. The molecule has 1 aromatic rings. The lowest BCUT2D eigenvalue weighted by molar-refractivity contribution is -0.476. The molecule has 0 aromatic carbocycles. The summed E-state index contributed by atoms with van der Waals surface area (Å²) in [5.74, 6) is -8.65. The van der Waals surface area contributed by atoms with Crippen LogP contribution in [0.3, 0.4) is 0 Å². The van der Waals surface area contributed by atoms with Gasteiger partial charge in [0.1, 0.15) is 23.1 Å². The molecule has 1 aromatic heterocycles. The molecule has 2 spiro atoms. The van der Waals surface area contributed by atoms with Crippen molar-refractivity contribution in [3.05, 3.63) is 24.2 Å². The summed E-state index contributed by atoms with van der Waals surface area (Å²) in [7, 11) is 2.48. The van der Waals surface area contributed by atoms with Gasteiger partial charge in [0.15, 0.2) is 18.0 Å². The Labute approximate surface area is 306 Å². The maximum Gasteiger partial charge on any atom is 0.308 e. The summed E-state index contributed by atoms with van der Waals surface area (Å²) in [6.45, 7) is 12.6. The first-order valence-corrected chi connectivity index (χ1v) is 18.0. The third kappa shape index (κ3) is 4.16. The van der Waals surface area contributed by atoms with E-state index in [0.29, 0.717) is 0 Å². The standard InChI is InChI=1S/C38H48O15/c1-19(2)28(44)49-30-37-24(16-26(42)46-10)31(5,27(43)22-11-14-47-17-22)12-13-35(37)33(7)23(15-25(41)45-9)32(6)18-36(33,52-34(8,51-35)53-37)38(30,50-21(4)40)29(32)48-20(3)39/h11,14,17,19,23-24,29-30H,12-13,15-16,18H2,1-10H3/t23?,24-,29+,30+,31-,32-,33-,34?,35?,36-,37?,38+/m1/s1. The van der Waals surface area contributed by atoms with Gasteiger partial charge in [-0.05, 0) is 31.2 Å². The minimum absolute atomic E-state index is 0.0478. The molecule has 4 saturated carbocycles. The van der Waals surface area contributed by atoms with Crippen molar-refractivity contribution in [1.82, 2.24) is 0 Å². The summed E-state index contributed by atoms with van der Waals surface area (Å²) in [6, 6.07) is 1.51. The Kier molecular flexibility index (Phi) is 8.03. The van der Waals surface area contributed by atoms with Crippen molar-refractivity contribution >= 4 is 35.6 Å². The summed E-state index contributed by atoms with van der Waals surface area (Å²) in [4.78, 5) is 83.0. The summed E-state index contributed by atoms with van der Waals surface area (Å²) < 4.78 is 56.6. The van der Waals surface area contributed by atoms with Gasteiger partial charge in [0.05, 0.1) is 38.4 Å². The second-order valence-corrected chi connectivity index (χ2v) is 16.8. The van der Waals surface area contributed by atoms with E-state index < -0.39 is 117 Å². The Morgan fingerprint density at radius 2 is 1.43 bits per heavy atom. The van der Waals surface area contributed by atoms with Gasteiger partial charge in [0, 0.05) is 49.4 Å². The molecule has 7 rings (SSSR count). The second kappa shape index (κ2) is 11.4. The molecule has 53 heavy (non-hydrogen) atoms. The van der Waals surface area contributed by atoms with Crippen LogP contribution in [0.1, 0.15) is 97.9 Å². The Morgan fingerprint density at radius 3 is 1.98 bits per heavy atom. The number of rotatable bonds is 10. The molecular weight excluding hydrogens is 696 g/mol. The number of ether oxygens (including phenoxy) is 8. The molecule has 4 unspecified atom stereocenters. The third-order valence-corrected chi connectivity index (χ3v) is 14.0. The van der Waals surface area contributed by atoms with E-state index in [1.807, 2.05) is 13.8 Å². The van der Waals surface area contributed by atoms with Crippen molar-refractivity contribution in [2.75, 3.05) is 14.2 Å². The van der Waals surface area contributed by atoms with E-state index >= 15 is 0 Å². The maximum absolute atomic E-state index is 14.8. The molecule has 12 atom stereocenters. The first kappa shape index (κ1) is 37.5. The Balaban J connectivity index is 1.65. The summed E-state index contributed by atoms with van der Waals surface area (Å²) >= 11 is 0. The fourth-order valence-corrected chi connectivity index (χ4v) is 12.4. The fourth-order valence-electron chi connectivity index (χ4n) is 12.4. The molecule has 3 heterocycles. The van der Waals surface area contributed by atoms with Gasteiger partial charge >= 0.3 is 29.8 Å². The van der Waals surface area contributed by atoms with E-state index in [4.69, 9.17) is 42.3 Å². The van der Waals surface area contributed by atoms with Crippen molar-refractivity contribution in [1.29, 1.82) is 0 Å². The van der Waals surface area contributed by atoms with Gasteiger partial charge in [-0.1, -0.05) is 34.6 Å². The van der Waals surface area contributed by atoms with E-state index in [0.717, 1.165) is 0 Å². The van der Waals surface area contributed by atoms with Crippen LogP contribution >= 0.6 is 0 Å². The van der Waals surface area contributed by atoms with E-state index in [1.165, 1.54) is 46.7 Å². The predicted molar refractivity (Wildman–Crippen MR) is 176 cm³/mol. The largest absolute Gasteiger partial charge is 0.472 e. The number of carbonyl (C=O) groups is 6. The predicted octanol–water partition coefficient (Wildman–Crippen LogP) is 3.83. The van der Waals surface area contributed by atoms with Crippen LogP contribution in [0, 0.1) is 34.0 Å². The lowest BCUT2D eigenvalue weighted by Gasteiger charge is -2.76. The molecule has 2 saturated heterocycles. The monoisotopic (exact) mass is 744 g/mol. The number of methoxy groups -OCH3 is 2. The quantitative estimate of drug-likeness (QED) is 0.191. The minimum atomic E-state index is -2.17. The number of furan rings is 1. The van der Waals surface area contributed by atoms with E-state index in [-0.39, 0.29) is 31.2 Å². The lowest BCUT2D eigenvalue weighted by atomic mass is 9.33. The number of esters is 5. The van der Waals surface area contributed by atoms with Crippen LogP contribution in [0.15, 0.2) is 23.0 Å². The van der Waals surface area contributed by atoms with E-state index in [9.17, 15) is 28.8 Å². The second-order valence-electron chi connectivity index (χ2n) is 16.8. The number of Topliss-reactive ketones (excluding diaryl/α,β-unsaturated/α-hetero) is 1.